The van der Waals surface area contributed by atoms with Crippen molar-refractivity contribution in [1.29, 1.82) is 0 Å². The second-order valence-corrected chi connectivity index (χ2v) is 10.6. The third-order valence-electron chi connectivity index (χ3n) is 5.75. The van der Waals surface area contributed by atoms with Crippen molar-refractivity contribution in [2.45, 2.75) is 118 Å². The Bertz CT molecular complexity index is 374. The zero-order chi connectivity index (χ0) is 19.4. The topological polar surface area (TPSA) is 33.3 Å². The van der Waals surface area contributed by atoms with E-state index in [0.717, 1.165) is 25.9 Å². The smallest absolute Gasteiger partial charge is 0.0677 e. The molecule has 1 atom stereocenters. The van der Waals surface area contributed by atoms with E-state index in [9.17, 15) is 0 Å². The van der Waals surface area contributed by atoms with Crippen LogP contribution in [-0.2, 0) is 4.74 Å². The molecule has 0 heterocycles. The second kappa shape index (κ2) is 8.05. The monoisotopic (exact) mass is 342 g/mol. The van der Waals surface area contributed by atoms with Crippen molar-refractivity contribution in [3.8, 4) is 0 Å². The largest absolute Gasteiger partial charge is 0.375 e. The van der Waals surface area contributed by atoms with Gasteiger partial charge in [-0.3, -0.25) is 0 Å². The van der Waals surface area contributed by atoms with Crippen LogP contribution in [0.3, 0.4) is 0 Å². The molecule has 0 fully saturated rings. The average molecular weight is 343 g/mol. The molecule has 0 amide bonds. The highest BCUT2D eigenvalue weighted by molar-refractivity contribution is 4.96. The van der Waals surface area contributed by atoms with Gasteiger partial charge in [0.25, 0.3) is 0 Å². The molecule has 2 N–H and O–H groups in total. The zero-order valence-electron chi connectivity index (χ0n) is 18.7. The van der Waals surface area contributed by atoms with Gasteiger partial charge < -0.3 is 15.4 Å². The Morgan fingerprint density at radius 1 is 0.833 bits per heavy atom. The number of rotatable bonds is 10. The van der Waals surface area contributed by atoms with Crippen molar-refractivity contribution in [2.24, 2.45) is 5.41 Å². The third kappa shape index (κ3) is 7.84. The molecule has 0 rings (SSSR count). The van der Waals surface area contributed by atoms with Crippen molar-refractivity contribution < 1.29 is 4.74 Å². The molecule has 0 spiro atoms. The van der Waals surface area contributed by atoms with Crippen LogP contribution in [0.4, 0.5) is 0 Å². The Kier molecular flexibility index (Phi) is 8.01. The summed E-state index contributed by atoms with van der Waals surface area (Å²) in [5, 5.41) is 7.18. The van der Waals surface area contributed by atoms with Gasteiger partial charge >= 0.3 is 0 Å². The molecule has 0 aliphatic carbocycles. The van der Waals surface area contributed by atoms with E-state index in [1.807, 2.05) is 0 Å². The molecule has 0 bridgehead atoms. The van der Waals surface area contributed by atoms with Crippen molar-refractivity contribution >= 4 is 0 Å². The summed E-state index contributed by atoms with van der Waals surface area (Å²) in [6.45, 7) is 25.6. The highest BCUT2D eigenvalue weighted by Gasteiger charge is 2.42. The van der Waals surface area contributed by atoms with E-state index in [1.54, 1.807) is 0 Å². The van der Waals surface area contributed by atoms with Crippen LogP contribution in [0.2, 0.25) is 0 Å². The molecular formula is C21H46N2O. The van der Waals surface area contributed by atoms with Gasteiger partial charge in [-0.2, -0.15) is 0 Å². The van der Waals surface area contributed by atoms with Crippen LogP contribution >= 0.6 is 0 Å². The lowest BCUT2D eigenvalue weighted by molar-refractivity contribution is -0.112. The van der Waals surface area contributed by atoms with Crippen molar-refractivity contribution in [2.75, 3.05) is 13.7 Å². The summed E-state index contributed by atoms with van der Waals surface area (Å²) in [6.07, 6.45) is 3.20. The zero-order valence-corrected chi connectivity index (χ0v) is 18.7. The molecule has 0 aromatic carbocycles. The van der Waals surface area contributed by atoms with Crippen molar-refractivity contribution in [3.63, 3.8) is 0 Å². The Morgan fingerprint density at radius 3 is 1.71 bits per heavy atom. The summed E-state index contributed by atoms with van der Waals surface area (Å²) in [4.78, 5) is 0. The minimum atomic E-state index is -0.169. The summed E-state index contributed by atoms with van der Waals surface area (Å²) in [7, 11) is 2.06. The van der Waals surface area contributed by atoms with Crippen LogP contribution in [0.25, 0.3) is 0 Å². The van der Waals surface area contributed by atoms with Gasteiger partial charge in [-0.05, 0) is 87.1 Å². The Morgan fingerprint density at radius 2 is 1.33 bits per heavy atom. The molecule has 0 aliphatic rings. The molecular weight excluding hydrogens is 296 g/mol. The van der Waals surface area contributed by atoms with Crippen molar-refractivity contribution in [3.05, 3.63) is 0 Å². The van der Waals surface area contributed by atoms with Gasteiger partial charge in [-0.15, -0.1) is 0 Å². The van der Waals surface area contributed by atoms with Crippen LogP contribution in [0, 0.1) is 5.41 Å². The minimum Gasteiger partial charge on any atom is -0.375 e. The number of nitrogens with one attached hydrogen (secondary N) is 2. The second-order valence-electron chi connectivity index (χ2n) is 10.6. The molecule has 0 saturated carbocycles. The third-order valence-corrected chi connectivity index (χ3v) is 5.75. The molecule has 0 radical (unpaired) electrons. The molecule has 0 saturated heterocycles. The number of hydrogen-bond donors (Lipinski definition) is 2. The first-order valence-corrected chi connectivity index (χ1v) is 9.61. The van der Waals surface area contributed by atoms with Crippen molar-refractivity contribution in [1.82, 2.24) is 10.6 Å². The van der Waals surface area contributed by atoms with E-state index in [0.29, 0.717) is 0 Å². The summed E-state index contributed by atoms with van der Waals surface area (Å²) < 4.78 is 6.41. The lowest BCUT2D eigenvalue weighted by Gasteiger charge is -2.47. The summed E-state index contributed by atoms with van der Waals surface area (Å²) in [6, 6.07) is 0. The Labute approximate surface area is 152 Å². The molecule has 3 heteroatoms. The fourth-order valence-corrected chi connectivity index (χ4v) is 3.41. The van der Waals surface area contributed by atoms with Crippen LogP contribution in [0.5, 0.6) is 0 Å². The molecule has 0 aromatic heterocycles. The maximum atomic E-state index is 6.41. The van der Waals surface area contributed by atoms with Crippen LogP contribution < -0.4 is 10.6 Å². The van der Waals surface area contributed by atoms with Gasteiger partial charge in [-0.25, -0.2) is 0 Å². The first kappa shape index (κ1) is 23.9. The predicted octanol–water partition coefficient (Wildman–Crippen LogP) is 5.14. The molecule has 0 aliphatic heterocycles. The van der Waals surface area contributed by atoms with E-state index >= 15 is 0 Å². The van der Waals surface area contributed by atoms with Gasteiger partial charge in [0, 0.05) is 23.2 Å². The van der Waals surface area contributed by atoms with E-state index in [-0.39, 0.29) is 27.6 Å². The van der Waals surface area contributed by atoms with Gasteiger partial charge in [0.05, 0.1) is 5.60 Å². The standard InChI is InChI=1S/C21H46N2O/c1-13-21(11,22-12)16-18(5,6)20(9,10)24-15-14-19(7,8)23-17(2,3)4/h22-23H,13-16H2,1-12H3. The average Bonchev–Trinajstić information content (AvgIpc) is 2.34. The number of hydrogen-bond acceptors (Lipinski definition) is 3. The van der Waals surface area contributed by atoms with Crippen LogP contribution in [-0.4, -0.2) is 35.9 Å². The Balaban J connectivity index is 4.78. The Hall–Kier alpha value is -0.120. The van der Waals surface area contributed by atoms with E-state index in [2.05, 4.69) is 93.8 Å². The van der Waals surface area contributed by atoms with Crippen LogP contribution in [0.15, 0.2) is 0 Å². The predicted molar refractivity (Wildman–Crippen MR) is 108 cm³/mol. The molecule has 0 aromatic rings. The quantitative estimate of drug-likeness (QED) is 0.576. The van der Waals surface area contributed by atoms with Crippen LogP contribution in [0.1, 0.15) is 95.4 Å². The fourth-order valence-electron chi connectivity index (χ4n) is 3.41. The lowest BCUT2D eigenvalue weighted by Crippen LogP contribution is -2.52. The lowest BCUT2D eigenvalue weighted by atomic mass is 9.68. The molecule has 146 valence electrons. The van der Waals surface area contributed by atoms with E-state index in [1.165, 1.54) is 0 Å². The molecule has 1 unspecified atom stereocenters. The SMILES string of the molecule is CCC(C)(CC(C)(C)C(C)(C)OCCC(C)(C)NC(C)(C)C)NC. The molecule has 3 nitrogen and oxygen atoms in total. The minimum absolute atomic E-state index is 0.0708. The fraction of sp³-hybridized carbons (Fsp3) is 1.00. The van der Waals surface area contributed by atoms with Gasteiger partial charge in [0.1, 0.15) is 0 Å². The highest BCUT2D eigenvalue weighted by Crippen LogP contribution is 2.41. The summed E-state index contributed by atoms with van der Waals surface area (Å²) in [5.41, 5.74) is 0.257. The summed E-state index contributed by atoms with van der Waals surface area (Å²) >= 11 is 0. The first-order valence-electron chi connectivity index (χ1n) is 9.61. The van der Waals surface area contributed by atoms with Gasteiger partial charge in [-0.1, -0.05) is 20.8 Å². The van der Waals surface area contributed by atoms with Gasteiger partial charge in [0.2, 0.25) is 0 Å². The number of ether oxygens (including phenoxy) is 1. The van der Waals surface area contributed by atoms with Gasteiger partial charge in [0.15, 0.2) is 0 Å². The maximum Gasteiger partial charge on any atom is 0.0677 e. The maximum absolute atomic E-state index is 6.41. The van der Waals surface area contributed by atoms with E-state index < -0.39 is 0 Å². The highest BCUT2D eigenvalue weighted by atomic mass is 16.5. The first-order chi connectivity index (χ1) is 10.5. The summed E-state index contributed by atoms with van der Waals surface area (Å²) in [5.74, 6) is 0. The van der Waals surface area contributed by atoms with E-state index in [4.69, 9.17) is 4.74 Å². The molecule has 24 heavy (non-hydrogen) atoms. The normalized spacial score (nSPS) is 17.0.